The minimum atomic E-state index is -1.21. The fraction of sp³-hybridized carbons (Fsp3) is 0.385. The second-order valence-corrected chi connectivity index (χ2v) is 4.21. The summed E-state index contributed by atoms with van der Waals surface area (Å²) in [6, 6.07) is 3.36. The lowest BCUT2D eigenvalue weighted by atomic mass is 10.2. The molecule has 0 spiro atoms. The van der Waals surface area contributed by atoms with Crippen molar-refractivity contribution in [2.24, 2.45) is 0 Å². The molecule has 0 heterocycles. The van der Waals surface area contributed by atoms with E-state index in [1.165, 1.54) is 12.1 Å². The van der Waals surface area contributed by atoms with E-state index in [1.807, 2.05) is 13.8 Å². The van der Waals surface area contributed by atoms with Crippen molar-refractivity contribution in [2.45, 2.75) is 26.3 Å². The number of nitrogens with one attached hydrogen (secondary N) is 2. The first-order valence-corrected chi connectivity index (χ1v) is 6.00. The molecule has 1 aromatic rings. The van der Waals surface area contributed by atoms with Crippen LogP contribution in [0.15, 0.2) is 18.2 Å². The number of amides is 1. The van der Waals surface area contributed by atoms with Gasteiger partial charge in [-0.15, -0.1) is 0 Å². The van der Waals surface area contributed by atoms with Gasteiger partial charge in [0.1, 0.15) is 5.82 Å². The first-order valence-electron chi connectivity index (χ1n) is 6.00. The van der Waals surface area contributed by atoms with E-state index in [4.69, 9.17) is 5.11 Å². The van der Waals surface area contributed by atoms with Crippen LogP contribution >= 0.6 is 0 Å². The van der Waals surface area contributed by atoms with Gasteiger partial charge in [0.25, 0.3) is 0 Å². The smallest absolute Gasteiger partial charge is 0.335 e. The van der Waals surface area contributed by atoms with Gasteiger partial charge in [-0.25, -0.2) is 9.18 Å². The van der Waals surface area contributed by atoms with Gasteiger partial charge in [-0.3, -0.25) is 4.79 Å². The van der Waals surface area contributed by atoms with Crippen molar-refractivity contribution in [3.05, 3.63) is 29.6 Å². The van der Waals surface area contributed by atoms with E-state index in [9.17, 15) is 14.0 Å². The monoisotopic (exact) mass is 268 g/mol. The zero-order valence-electron chi connectivity index (χ0n) is 10.9. The lowest BCUT2D eigenvalue weighted by Gasteiger charge is -2.12. The van der Waals surface area contributed by atoms with Crippen LogP contribution in [-0.2, 0) is 4.79 Å². The number of rotatable bonds is 6. The SMILES string of the molecule is CCNC(C)CC(=O)Nc1ccc(C(=O)O)cc1F. The molecule has 0 aliphatic heterocycles. The van der Waals surface area contributed by atoms with Crippen molar-refractivity contribution >= 4 is 17.6 Å². The van der Waals surface area contributed by atoms with Crippen molar-refractivity contribution in [1.82, 2.24) is 5.32 Å². The molecule has 104 valence electrons. The third kappa shape index (κ3) is 4.67. The van der Waals surface area contributed by atoms with Crippen LogP contribution in [0.3, 0.4) is 0 Å². The molecular weight excluding hydrogens is 251 g/mol. The zero-order valence-corrected chi connectivity index (χ0v) is 10.9. The number of carbonyl (C=O) groups is 2. The molecule has 0 radical (unpaired) electrons. The van der Waals surface area contributed by atoms with Crippen molar-refractivity contribution < 1.29 is 19.1 Å². The van der Waals surface area contributed by atoms with Crippen molar-refractivity contribution in [3.63, 3.8) is 0 Å². The number of benzene rings is 1. The standard InChI is InChI=1S/C13H17FN2O3/c1-3-15-8(2)6-12(17)16-11-5-4-9(13(18)19)7-10(11)14/h4-5,7-8,15H,3,6H2,1-2H3,(H,16,17)(H,18,19). The molecule has 0 aliphatic carbocycles. The minimum absolute atomic E-state index is 0.00801. The Morgan fingerprint density at radius 1 is 1.42 bits per heavy atom. The van der Waals surface area contributed by atoms with Crippen LogP contribution in [0.4, 0.5) is 10.1 Å². The average Bonchev–Trinajstić information content (AvgIpc) is 2.31. The molecule has 0 fully saturated rings. The minimum Gasteiger partial charge on any atom is -0.478 e. The van der Waals surface area contributed by atoms with Gasteiger partial charge in [0.2, 0.25) is 5.91 Å². The molecule has 0 bridgehead atoms. The van der Waals surface area contributed by atoms with E-state index < -0.39 is 11.8 Å². The molecule has 0 saturated carbocycles. The summed E-state index contributed by atoms with van der Waals surface area (Å²) in [6.45, 7) is 4.53. The predicted octanol–water partition coefficient (Wildman–Crippen LogP) is 1.85. The van der Waals surface area contributed by atoms with Gasteiger partial charge in [0, 0.05) is 12.5 Å². The number of carboxylic acids is 1. The Bertz CT molecular complexity index is 477. The van der Waals surface area contributed by atoms with Crippen LogP contribution in [0, 0.1) is 5.82 Å². The number of hydrogen-bond acceptors (Lipinski definition) is 3. The van der Waals surface area contributed by atoms with Crippen LogP contribution in [0.5, 0.6) is 0 Å². The molecule has 3 N–H and O–H groups in total. The van der Waals surface area contributed by atoms with Gasteiger partial charge in [-0.05, 0) is 31.7 Å². The summed E-state index contributed by atoms with van der Waals surface area (Å²) in [4.78, 5) is 22.3. The molecule has 1 atom stereocenters. The maximum Gasteiger partial charge on any atom is 0.335 e. The molecule has 0 aromatic heterocycles. The zero-order chi connectivity index (χ0) is 14.4. The quantitative estimate of drug-likeness (QED) is 0.735. The fourth-order valence-corrected chi connectivity index (χ4v) is 1.65. The van der Waals surface area contributed by atoms with Crippen LogP contribution in [0.1, 0.15) is 30.6 Å². The summed E-state index contributed by atoms with van der Waals surface area (Å²) >= 11 is 0. The average molecular weight is 268 g/mol. The molecule has 1 rings (SSSR count). The van der Waals surface area contributed by atoms with Gasteiger partial charge in [0.05, 0.1) is 11.3 Å². The van der Waals surface area contributed by atoms with E-state index in [-0.39, 0.29) is 29.6 Å². The third-order valence-corrected chi connectivity index (χ3v) is 2.53. The highest BCUT2D eigenvalue weighted by Crippen LogP contribution is 2.16. The lowest BCUT2D eigenvalue weighted by molar-refractivity contribution is -0.116. The summed E-state index contributed by atoms with van der Waals surface area (Å²) in [5.74, 6) is -2.29. The van der Waals surface area contributed by atoms with E-state index in [0.29, 0.717) is 0 Å². The maximum absolute atomic E-state index is 13.6. The maximum atomic E-state index is 13.6. The topological polar surface area (TPSA) is 78.4 Å². The van der Waals surface area contributed by atoms with Crippen molar-refractivity contribution in [1.29, 1.82) is 0 Å². The van der Waals surface area contributed by atoms with E-state index in [0.717, 1.165) is 12.6 Å². The molecule has 1 unspecified atom stereocenters. The molecule has 0 aliphatic rings. The predicted molar refractivity (Wildman–Crippen MR) is 69.7 cm³/mol. The second-order valence-electron chi connectivity index (χ2n) is 4.21. The van der Waals surface area contributed by atoms with Crippen LogP contribution < -0.4 is 10.6 Å². The summed E-state index contributed by atoms with van der Waals surface area (Å²) in [5, 5.41) is 14.2. The molecule has 19 heavy (non-hydrogen) atoms. The Morgan fingerprint density at radius 3 is 2.63 bits per heavy atom. The second kappa shape index (κ2) is 6.84. The number of aromatic carboxylic acids is 1. The highest BCUT2D eigenvalue weighted by molar-refractivity contribution is 5.92. The normalized spacial score (nSPS) is 11.9. The summed E-state index contributed by atoms with van der Waals surface area (Å²) in [7, 11) is 0. The van der Waals surface area contributed by atoms with Crippen molar-refractivity contribution in [3.8, 4) is 0 Å². The number of carbonyl (C=O) groups excluding carboxylic acids is 1. The molecule has 5 nitrogen and oxygen atoms in total. The molecule has 1 aromatic carbocycles. The van der Waals surface area contributed by atoms with Gasteiger partial charge in [-0.2, -0.15) is 0 Å². The van der Waals surface area contributed by atoms with Crippen LogP contribution in [0.2, 0.25) is 0 Å². The Hall–Kier alpha value is -1.95. The number of halogens is 1. The molecule has 0 saturated heterocycles. The summed E-state index contributed by atoms with van der Waals surface area (Å²) in [6.07, 6.45) is 0.216. The van der Waals surface area contributed by atoms with E-state index in [2.05, 4.69) is 10.6 Å². The number of anilines is 1. The van der Waals surface area contributed by atoms with Crippen LogP contribution in [0.25, 0.3) is 0 Å². The number of hydrogen-bond donors (Lipinski definition) is 3. The Kier molecular flexibility index (Phi) is 5.44. The van der Waals surface area contributed by atoms with Crippen LogP contribution in [-0.4, -0.2) is 29.6 Å². The fourth-order valence-electron chi connectivity index (χ4n) is 1.65. The van der Waals surface area contributed by atoms with Gasteiger partial charge in [-0.1, -0.05) is 6.92 Å². The van der Waals surface area contributed by atoms with Crippen molar-refractivity contribution in [2.75, 3.05) is 11.9 Å². The third-order valence-electron chi connectivity index (χ3n) is 2.53. The summed E-state index contributed by atoms with van der Waals surface area (Å²) < 4.78 is 13.6. The van der Waals surface area contributed by atoms with Gasteiger partial charge in [0.15, 0.2) is 0 Å². The van der Waals surface area contributed by atoms with Gasteiger partial charge >= 0.3 is 5.97 Å². The molecule has 1 amide bonds. The van der Waals surface area contributed by atoms with E-state index in [1.54, 1.807) is 0 Å². The Labute approximate surface area is 110 Å². The van der Waals surface area contributed by atoms with Gasteiger partial charge < -0.3 is 15.7 Å². The highest BCUT2D eigenvalue weighted by atomic mass is 19.1. The Balaban J connectivity index is 2.67. The molecular formula is C13H17FN2O3. The first kappa shape index (κ1) is 15.1. The van der Waals surface area contributed by atoms with E-state index >= 15 is 0 Å². The molecule has 6 heteroatoms. The number of carboxylic acid groups (broad SMARTS) is 1. The summed E-state index contributed by atoms with van der Waals surface area (Å²) in [5.41, 5.74) is -0.171. The lowest BCUT2D eigenvalue weighted by Crippen LogP contribution is -2.30. The Morgan fingerprint density at radius 2 is 2.11 bits per heavy atom. The highest BCUT2D eigenvalue weighted by Gasteiger charge is 2.12. The first-order chi connectivity index (χ1) is 8.93. The largest absolute Gasteiger partial charge is 0.478 e.